The molecule has 1 saturated heterocycles. The summed E-state index contributed by atoms with van der Waals surface area (Å²) in [5.74, 6) is 0. The van der Waals surface area contributed by atoms with Gasteiger partial charge in [0.25, 0.3) is 0 Å². The summed E-state index contributed by atoms with van der Waals surface area (Å²) in [5.41, 5.74) is 0.532. The van der Waals surface area contributed by atoms with Crippen LogP contribution in [0.5, 0.6) is 0 Å². The SMILES string of the molecule is CSC1CCO1. The van der Waals surface area contributed by atoms with Gasteiger partial charge in [0.1, 0.15) is 5.44 Å². The van der Waals surface area contributed by atoms with Crippen molar-refractivity contribution in [1.29, 1.82) is 0 Å². The van der Waals surface area contributed by atoms with Gasteiger partial charge in [-0.05, 0) is 6.26 Å². The smallest absolute Gasteiger partial charge is 0.105 e. The van der Waals surface area contributed by atoms with Gasteiger partial charge in [-0.15, -0.1) is 11.8 Å². The molecule has 2 heteroatoms. The van der Waals surface area contributed by atoms with Crippen molar-refractivity contribution in [2.45, 2.75) is 11.9 Å². The van der Waals surface area contributed by atoms with Crippen molar-refractivity contribution in [2.75, 3.05) is 12.9 Å². The fraction of sp³-hybridized carbons (Fsp3) is 1.00. The zero-order valence-corrected chi connectivity index (χ0v) is 4.62. The molecule has 1 aliphatic heterocycles. The quantitative estimate of drug-likeness (QED) is 0.492. The molecule has 0 radical (unpaired) electrons. The van der Waals surface area contributed by atoms with E-state index in [0.717, 1.165) is 6.61 Å². The van der Waals surface area contributed by atoms with E-state index in [1.165, 1.54) is 6.42 Å². The van der Waals surface area contributed by atoms with Crippen LogP contribution < -0.4 is 0 Å². The molecule has 1 atom stereocenters. The minimum absolute atomic E-state index is 0.532. The maximum absolute atomic E-state index is 5.04. The highest BCUT2D eigenvalue weighted by atomic mass is 32.2. The standard InChI is InChI=1S/C4H8OS/c1-6-4-2-3-5-4/h4H,2-3H2,1H3. The van der Waals surface area contributed by atoms with Crippen LogP contribution in [0.4, 0.5) is 0 Å². The van der Waals surface area contributed by atoms with Crippen LogP contribution in [0.3, 0.4) is 0 Å². The first-order valence-electron chi connectivity index (χ1n) is 2.08. The van der Waals surface area contributed by atoms with Crippen LogP contribution in [0.25, 0.3) is 0 Å². The Morgan fingerprint density at radius 3 is 2.50 bits per heavy atom. The molecule has 1 aliphatic rings. The van der Waals surface area contributed by atoms with Gasteiger partial charge in [0.2, 0.25) is 0 Å². The van der Waals surface area contributed by atoms with E-state index in [1.54, 1.807) is 11.8 Å². The van der Waals surface area contributed by atoms with Crippen LogP contribution >= 0.6 is 11.8 Å². The lowest BCUT2D eigenvalue weighted by Crippen LogP contribution is -2.22. The fourth-order valence-electron chi connectivity index (χ4n) is 0.400. The van der Waals surface area contributed by atoms with Crippen LogP contribution in [-0.2, 0) is 4.74 Å². The summed E-state index contributed by atoms with van der Waals surface area (Å²) in [4.78, 5) is 0. The molecule has 0 bridgehead atoms. The van der Waals surface area contributed by atoms with E-state index in [0.29, 0.717) is 5.44 Å². The Morgan fingerprint density at radius 1 is 1.83 bits per heavy atom. The van der Waals surface area contributed by atoms with E-state index in [9.17, 15) is 0 Å². The third kappa shape index (κ3) is 0.684. The maximum Gasteiger partial charge on any atom is 0.105 e. The van der Waals surface area contributed by atoms with Crippen molar-refractivity contribution in [3.05, 3.63) is 0 Å². The highest BCUT2D eigenvalue weighted by molar-refractivity contribution is 7.99. The van der Waals surface area contributed by atoms with Crippen molar-refractivity contribution in [3.8, 4) is 0 Å². The predicted octanol–water partition coefficient (Wildman–Crippen LogP) is 1.10. The number of rotatable bonds is 1. The summed E-state index contributed by atoms with van der Waals surface area (Å²) in [5, 5.41) is 0. The average Bonchev–Trinajstić information content (AvgIpc) is 1.31. The number of hydrogen-bond acceptors (Lipinski definition) is 2. The van der Waals surface area contributed by atoms with Gasteiger partial charge in [0.15, 0.2) is 0 Å². The molecule has 0 aromatic heterocycles. The van der Waals surface area contributed by atoms with E-state index in [-0.39, 0.29) is 0 Å². The molecule has 0 aliphatic carbocycles. The van der Waals surface area contributed by atoms with Crippen molar-refractivity contribution >= 4 is 11.8 Å². The first kappa shape index (κ1) is 4.47. The van der Waals surface area contributed by atoms with Crippen LogP contribution in [0.2, 0.25) is 0 Å². The third-order valence-corrected chi connectivity index (χ3v) is 1.82. The Morgan fingerprint density at radius 2 is 2.50 bits per heavy atom. The zero-order valence-electron chi connectivity index (χ0n) is 3.81. The molecule has 0 aromatic rings. The third-order valence-electron chi connectivity index (χ3n) is 0.920. The minimum Gasteiger partial charge on any atom is -0.367 e. The maximum atomic E-state index is 5.04. The van der Waals surface area contributed by atoms with Gasteiger partial charge in [-0.2, -0.15) is 0 Å². The van der Waals surface area contributed by atoms with Crippen LogP contribution in [0, 0.1) is 0 Å². The van der Waals surface area contributed by atoms with Gasteiger partial charge in [0, 0.05) is 6.42 Å². The van der Waals surface area contributed by atoms with Crippen molar-refractivity contribution in [3.63, 3.8) is 0 Å². The normalized spacial score (nSPS) is 32.5. The molecule has 1 fully saturated rings. The van der Waals surface area contributed by atoms with E-state index in [4.69, 9.17) is 4.74 Å². The molecule has 1 nitrogen and oxygen atoms in total. The van der Waals surface area contributed by atoms with Crippen LogP contribution in [-0.4, -0.2) is 18.3 Å². The van der Waals surface area contributed by atoms with Crippen LogP contribution in [0.1, 0.15) is 6.42 Å². The van der Waals surface area contributed by atoms with Crippen molar-refractivity contribution < 1.29 is 4.74 Å². The summed E-state index contributed by atoms with van der Waals surface area (Å²) >= 11 is 1.79. The second-order valence-corrected chi connectivity index (χ2v) is 2.32. The van der Waals surface area contributed by atoms with Gasteiger partial charge >= 0.3 is 0 Å². The topological polar surface area (TPSA) is 9.23 Å². The lowest BCUT2D eigenvalue weighted by atomic mass is 10.4. The summed E-state index contributed by atoms with van der Waals surface area (Å²) < 4.78 is 5.04. The zero-order chi connectivity index (χ0) is 4.41. The van der Waals surface area contributed by atoms with Crippen molar-refractivity contribution in [1.82, 2.24) is 0 Å². The molecule has 0 N–H and O–H groups in total. The Balaban J connectivity index is 2.01. The molecule has 6 heavy (non-hydrogen) atoms. The molecule has 0 amide bonds. The Hall–Kier alpha value is 0.310. The monoisotopic (exact) mass is 104 g/mol. The highest BCUT2D eigenvalue weighted by Gasteiger charge is 2.14. The largest absolute Gasteiger partial charge is 0.367 e. The molecule has 0 saturated carbocycles. The molecule has 0 aromatic carbocycles. The van der Waals surface area contributed by atoms with E-state index in [1.807, 2.05) is 0 Å². The predicted molar refractivity (Wildman–Crippen MR) is 27.9 cm³/mol. The fourth-order valence-corrected chi connectivity index (χ4v) is 0.964. The first-order valence-corrected chi connectivity index (χ1v) is 3.36. The van der Waals surface area contributed by atoms with Crippen molar-refractivity contribution in [2.24, 2.45) is 0 Å². The average molecular weight is 104 g/mol. The molecule has 1 unspecified atom stereocenters. The van der Waals surface area contributed by atoms with Gasteiger partial charge in [0.05, 0.1) is 6.61 Å². The molecule has 0 spiro atoms. The molecular formula is C4H8OS. The summed E-state index contributed by atoms with van der Waals surface area (Å²) in [7, 11) is 0. The van der Waals surface area contributed by atoms with Gasteiger partial charge in [-0.25, -0.2) is 0 Å². The molecule has 1 heterocycles. The molecule has 36 valence electrons. The number of thioether (sulfide) groups is 1. The summed E-state index contributed by atoms with van der Waals surface area (Å²) in [6.45, 7) is 0.978. The number of hydrogen-bond donors (Lipinski definition) is 0. The minimum atomic E-state index is 0.532. The summed E-state index contributed by atoms with van der Waals surface area (Å²) in [6, 6.07) is 0. The second kappa shape index (κ2) is 1.85. The van der Waals surface area contributed by atoms with E-state index in [2.05, 4.69) is 6.26 Å². The lowest BCUT2D eigenvalue weighted by Gasteiger charge is -2.23. The Kier molecular flexibility index (Phi) is 1.37. The first-order chi connectivity index (χ1) is 2.93. The van der Waals surface area contributed by atoms with Gasteiger partial charge < -0.3 is 4.74 Å². The van der Waals surface area contributed by atoms with Gasteiger partial charge in [-0.3, -0.25) is 0 Å². The lowest BCUT2D eigenvalue weighted by molar-refractivity contribution is 0.0101. The highest BCUT2D eigenvalue weighted by Crippen LogP contribution is 2.20. The van der Waals surface area contributed by atoms with Gasteiger partial charge in [-0.1, -0.05) is 0 Å². The number of ether oxygens (including phenoxy) is 1. The Bertz CT molecular complexity index is 40.1. The molecule has 1 rings (SSSR count). The molecular weight excluding hydrogens is 96.1 g/mol. The second-order valence-electron chi connectivity index (χ2n) is 1.32. The van der Waals surface area contributed by atoms with E-state index >= 15 is 0 Å². The van der Waals surface area contributed by atoms with Crippen LogP contribution in [0.15, 0.2) is 0 Å². The summed E-state index contributed by atoms with van der Waals surface area (Å²) in [6.07, 6.45) is 3.32. The Labute approximate surface area is 42.1 Å². The van der Waals surface area contributed by atoms with E-state index < -0.39 is 0 Å².